The maximum atomic E-state index is 14.7. The third-order valence-corrected chi connectivity index (χ3v) is 17.2. The smallest absolute Gasteiger partial charge is 0.337 e. The van der Waals surface area contributed by atoms with Crippen molar-refractivity contribution < 1.29 is 93.7 Å². The highest BCUT2D eigenvalue weighted by atomic mass is 19.2. The Balaban J connectivity index is 0.000000154. The van der Waals surface area contributed by atoms with Crippen molar-refractivity contribution in [1.29, 1.82) is 0 Å². The van der Waals surface area contributed by atoms with Crippen LogP contribution < -0.4 is 18.9 Å². The summed E-state index contributed by atoms with van der Waals surface area (Å²) in [5, 5.41) is 36.8. The van der Waals surface area contributed by atoms with Crippen molar-refractivity contribution >= 4 is 23.9 Å². The number of halogens is 8. The summed E-state index contributed by atoms with van der Waals surface area (Å²) in [6.07, 6.45) is 8.15. The summed E-state index contributed by atoms with van der Waals surface area (Å²) in [6, 6.07) is 48.5. The second-order valence-electron chi connectivity index (χ2n) is 24.2. The van der Waals surface area contributed by atoms with E-state index in [1.165, 1.54) is 124 Å². The van der Waals surface area contributed by atoms with Crippen LogP contribution in [0.3, 0.4) is 0 Å². The van der Waals surface area contributed by atoms with Crippen LogP contribution in [-0.4, -0.2) is 91.2 Å². The summed E-state index contributed by atoms with van der Waals surface area (Å²) < 4.78 is 138. The predicted molar refractivity (Wildman–Crippen MR) is 386 cm³/mol. The lowest BCUT2D eigenvalue weighted by Crippen LogP contribution is -2.24. The molecule has 0 atom stereocenters. The van der Waals surface area contributed by atoms with E-state index in [1.54, 1.807) is 91.0 Å². The molecule has 4 N–H and O–H groups in total. The minimum Gasteiger partial charge on any atom is -0.497 e. The lowest BCUT2D eigenvalue weighted by molar-refractivity contribution is 0.0684. The van der Waals surface area contributed by atoms with Crippen molar-refractivity contribution in [2.75, 3.05) is 20.8 Å². The summed E-state index contributed by atoms with van der Waals surface area (Å²) in [6.45, 7) is 2.34. The van der Waals surface area contributed by atoms with Gasteiger partial charge in [-0.15, -0.1) is 0 Å². The van der Waals surface area contributed by atoms with E-state index < -0.39 is 70.4 Å². The molecule has 0 bridgehead atoms. The second kappa shape index (κ2) is 36.1. The first-order valence-electron chi connectivity index (χ1n) is 33.4. The molecule has 16 nitrogen and oxygen atoms in total. The molecule has 4 heterocycles. The maximum Gasteiger partial charge on any atom is 0.337 e. The fourth-order valence-corrected chi connectivity index (χ4v) is 11.5. The molecule has 0 unspecified atom stereocenters. The zero-order valence-electron chi connectivity index (χ0n) is 57.9. The number of nitrogens with zero attached hydrogens (tertiary/aromatic N) is 4. The molecule has 108 heavy (non-hydrogen) atoms. The number of pyridine rings is 4. The quantitative estimate of drug-likeness (QED) is 0.0462. The van der Waals surface area contributed by atoms with Gasteiger partial charge in [-0.1, -0.05) is 48.5 Å². The van der Waals surface area contributed by atoms with Gasteiger partial charge in [0.2, 0.25) is 0 Å². The number of benzene rings is 8. The van der Waals surface area contributed by atoms with Gasteiger partial charge in [0.25, 0.3) is 0 Å². The van der Waals surface area contributed by atoms with Gasteiger partial charge < -0.3 is 39.4 Å². The molecule has 0 spiro atoms. The molecule has 0 saturated heterocycles. The van der Waals surface area contributed by atoms with Gasteiger partial charge in [0.15, 0.2) is 0 Å². The number of hydrogen-bond donors (Lipinski definition) is 4. The van der Waals surface area contributed by atoms with Gasteiger partial charge in [-0.05, 0) is 216 Å². The number of methoxy groups -OCH3 is 2. The number of ether oxygens (including phenoxy) is 4. The van der Waals surface area contributed by atoms with E-state index >= 15 is 0 Å². The molecular formula is C84H66F8N4O12. The number of carboxylic acid groups (broad SMARTS) is 4. The molecule has 8 aromatic carbocycles. The molecule has 1 aliphatic carbocycles. The topological polar surface area (TPSA) is 238 Å². The van der Waals surface area contributed by atoms with Crippen LogP contribution in [0.2, 0.25) is 0 Å². The average Bonchev–Trinajstić information content (AvgIpc) is 0.817. The summed E-state index contributed by atoms with van der Waals surface area (Å²) in [4.78, 5) is 60.9. The van der Waals surface area contributed by atoms with Crippen molar-refractivity contribution in [2.24, 2.45) is 0 Å². The number of rotatable bonds is 22. The fraction of sp³-hybridized carbons (Fsp3) is 0.143. The Morgan fingerprint density at radius 3 is 1.03 bits per heavy atom. The molecule has 1 fully saturated rings. The van der Waals surface area contributed by atoms with Crippen molar-refractivity contribution in [3.05, 3.63) is 333 Å². The second-order valence-corrected chi connectivity index (χ2v) is 24.2. The van der Waals surface area contributed by atoms with E-state index in [1.807, 2.05) is 13.0 Å². The minimum absolute atomic E-state index is 0.0374. The highest BCUT2D eigenvalue weighted by Crippen LogP contribution is 2.35. The van der Waals surface area contributed by atoms with E-state index in [9.17, 15) is 74.7 Å². The summed E-state index contributed by atoms with van der Waals surface area (Å²) in [5.41, 5.74) is 3.19. The van der Waals surface area contributed by atoms with Crippen LogP contribution in [0.15, 0.2) is 219 Å². The van der Waals surface area contributed by atoms with Crippen molar-refractivity contribution in [2.45, 2.75) is 58.0 Å². The first kappa shape index (κ1) is 77.5. The molecule has 4 aromatic heterocycles. The van der Waals surface area contributed by atoms with E-state index in [-0.39, 0.29) is 105 Å². The fourth-order valence-electron chi connectivity index (χ4n) is 11.5. The molecule has 24 heteroatoms. The van der Waals surface area contributed by atoms with Crippen molar-refractivity contribution in [3.8, 4) is 67.5 Å². The Labute approximate surface area is 613 Å². The van der Waals surface area contributed by atoms with Crippen LogP contribution in [0, 0.1) is 46.5 Å². The molecular weight excluding hydrogens is 1410 g/mol. The van der Waals surface area contributed by atoms with Gasteiger partial charge in [0.05, 0.1) is 72.0 Å². The van der Waals surface area contributed by atoms with E-state index in [0.717, 1.165) is 31.4 Å². The Morgan fingerprint density at radius 2 is 0.685 bits per heavy atom. The lowest BCUT2D eigenvalue weighted by Gasteiger charge is -2.26. The van der Waals surface area contributed by atoms with Crippen molar-refractivity contribution in [1.82, 2.24) is 19.9 Å². The number of aromatic nitrogens is 4. The summed E-state index contributed by atoms with van der Waals surface area (Å²) >= 11 is 0. The zero-order chi connectivity index (χ0) is 77.1. The van der Waals surface area contributed by atoms with Gasteiger partial charge in [-0.25, -0.2) is 54.3 Å². The lowest BCUT2D eigenvalue weighted by atomic mass is 9.96. The zero-order valence-corrected chi connectivity index (χ0v) is 57.9. The number of carbonyl (C=O) groups is 4. The summed E-state index contributed by atoms with van der Waals surface area (Å²) in [5.74, 6) is -8.10. The number of hydrogen-bond acceptors (Lipinski definition) is 12. The average molecular weight is 1480 g/mol. The molecule has 550 valence electrons. The minimum atomic E-state index is -1.19. The number of carboxylic acids is 4. The van der Waals surface area contributed by atoms with Gasteiger partial charge in [-0.2, -0.15) is 0 Å². The molecule has 0 radical (unpaired) electrons. The van der Waals surface area contributed by atoms with Crippen LogP contribution in [0.1, 0.15) is 113 Å². The maximum absolute atomic E-state index is 14.7. The largest absolute Gasteiger partial charge is 0.497 e. The monoisotopic (exact) mass is 1470 g/mol. The Morgan fingerprint density at radius 1 is 0.361 bits per heavy atom. The highest BCUT2D eigenvalue weighted by Gasteiger charge is 2.24. The van der Waals surface area contributed by atoms with E-state index in [4.69, 9.17) is 18.9 Å². The molecule has 13 rings (SSSR count). The molecule has 0 amide bonds. The Bertz CT molecular complexity index is 5220. The first-order valence-corrected chi connectivity index (χ1v) is 33.4. The van der Waals surface area contributed by atoms with Crippen LogP contribution in [0.25, 0.3) is 44.5 Å². The van der Waals surface area contributed by atoms with Gasteiger partial charge in [0.1, 0.15) is 69.5 Å². The SMILES string of the molecule is CCOc1cccc(-c2cc(F)c(Cc3ncccc3C(=O)O)c(F)c2)c1.COc1cccc(-c2cc(F)c(Cc3ncccc3C(=O)O)c(F)c2)c1.COc1cccc(-c2cc(F)c(Cc3ncccc3C(=O)O)cc2F)c1.O=C(O)c1cccnc1Cc1c(F)cc(-c2cccc(OC3CCC3)c2)cc1F. The molecule has 0 aliphatic heterocycles. The molecule has 12 aromatic rings. The van der Waals surface area contributed by atoms with Gasteiger partial charge >= 0.3 is 23.9 Å². The van der Waals surface area contributed by atoms with Crippen LogP contribution in [-0.2, 0) is 25.7 Å². The Kier molecular flexibility index (Phi) is 25.9. The van der Waals surface area contributed by atoms with Crippen molar-refractivity contribution in [3.63, 3.8) is 0 Å². The van der Waals surface area contributed by atoms with Crippen LogP contribution in [0.4, 0.5) is 35.1 Å². The Hall–Kier alpha value is -13.1. The number of aromatic carboxylic acids is 4. The predicted octanol–water partition coefficient (Wildman–Crippen LogP) is 18.6. The van der Waals surface area contributed by atoms with E-state index in [2.05, 4.69) is 19.9 Å². The third-order valence-electron chi connectivity index (χ3n) is 17.2. The van der Waals surface area contributed by atoms with Gasteiger partial charge in [0, 0.05) is 72.7 Å². The normalized spacial score (nSPS) is 11.4. The van der Waals surface area contributed by atoms with Gasteiger partial charge in [-0.3, -0.25) is 19.9 Å². The summed E-state index contributed by atoms with van der Waals surface area (Å²) in [7, 11) is 3.00. The molecule has 1 aliphatic rings. The van der Waals surface area contributed by atoms with Crippen LogP contribution >= 0.6 is 0 Å². The third kappa shape index (κ3) is 19.6. The highest BCUT2D eigenvalue weighted by molar-refractivity contribution is 5.90. The first-order chi connectivity index (χ1) is 52.0. The molecule has 1 saturated carbocycles. The van der Waals surface area contributed by atoms with E-state index in [0.29, 0.717) is 68.5 Å². The standard InChI is InChI=1S/C23H19F2NO3.C21H17F2NO3.2C20H15F2NO3/c24-20-11-15(14-4-1-7-17(10-14)29-16-5-2-6-16)12-21(25)19(20)13-22-18(23(27)28)8-3-9-26-22;1-2-27-15-6-3-5-13(9-15)14-10-18(22)17(19(23)11-14)12-20-16(21(25)26)7-4-8-24-20;1-26-14-5-2-4-12(8-14)16-11-17(21)13(9-18(16)22)10-19-15(20(24)25)6-3-7-23-19;1-26-14-5-2-4-12(8-14)13-9-17(21)16(18(22)10-13)11-19-15(20(24)25)6-3-7-23-19/h1,3-4,7-12,16H,2,5-6,13H2,(H,27,28);3-11H,2,12H2,1H3,(H,25,26);2-9,11H,10H2,1H3,(H,24,25);2-10H,11H2,1H3,(H,24,25). The van der Waals surface area contributed by atoms with Crippen LogP contribution in [0.5, 0.6) is 23.0 Å².